The maximum Gasteiger partial charge on any atom is 0.416 e. The van der Waals surface area contributed by atoms with Gasteiger partial charge in [-0.15, -0.1) is 0 Å². The number of amides is 1. The fourth-order valence-electron chi connectivity index (χ4n) is 3.78. The highest BCUT2D eigenvalue weighted by Gasteiger charge is 2.33. The van der Waals surface area contributed by atoms with Crippen molar-refractivity contribution < 1.29 is 31.9 Å². The number of carbonyl (C=O) groups excluding carboxylic acids is 1. The first kappa shape index (κ1) is 27.3. The Balaban J connectivity index is 1.90. The molecule has 7 nitrogen and oxygen atoms in total. The molecule has 0 radical (unpaired) electrons. The predicted molar refractivity (Wildman–Crippen MR) is 130 cm³/mol. The first-order chi connectivity index (χ1) is 17.8. The summed E-state index contributed by atoms with van der Waals surface area (Å²) in [5.41, 5.74) is -3.03. The Hall–Kier alpha value is -3.77. The zero-order chi connectivity index (χ0) is 27.9. The third kappa shape index (κ3) is 5.14. The zero-order valence-corrected chi connectivity index (χ0v) is 20.6. The number of nitrogens with one attached hydrogen (secondary N) is 1. The number of anilines is 1. The normalized spacial score (nSPS) is 11.8. The van der Waals surface area contributed by atoms with Crippen LogP contribution in [0.15, 0.2) is 47.3 Å². The van der Waals surface area contributed by atoms with Crippen LogP contribution in [-0.2, 0) is 12.7 Å². The summed E-state index contributed by atoms with van der Waals surface area (Å²) in [7, 11) is 0. The van der Waals surface area contributed by atoms with Gasteiger partial charge in [-0.2, -0.15) is 13.2 Å². The molecule has 0 fully saturated rings. The summed E-state index contributed by atoms with van der Waals surface area (Å²) in [6.07, 6.45) is -8.10. The van der Waals surface area contributed by atoms with Gasteiger partial charge in [-0.05, 0) is 36.2 Å². The molecule has 0 bridgehead atoms. The van der Waals surface area contributed by atoms with Crippen LogP contribution in [0.3, 0.4) is 0 Å². The number of halogens is 7. The fraction of sp³-hybridized carbons (Fsp3) is 0.167. The molecular formula is C24H15Cl2F5N4O3. The molecule has 0 unspecified atom stereocenters. The zero-order valence-electron chi connectivity index (χ0n) is 19.1. The molecule has 1 amide bonds. The van der Waals surface area contributed by atoms with Gasteiger partial charge in [-0.25, -0.2) is 18.7 Å². The molecule has 0 saturated carbocycles. The number of benzene rings is 2. The van der Waals surface area contributed by atoms with E-state index in [0.29, 0.717) is 10.1 Å². The van der Waals surface area contributed by atoms with Gasteiger partial charge in [0.2, 0.25) is 0 Å². The third-order valence-electron chi connectivity index (χ3n) is 5.57. The second-order valence-corrected chi connectivity index (χ2v) is 8.82. The lowest BCUT2D eigenvalue weighted by Crippen LogP contribution is -2.28. The first-order valence-electron chi connectivity index (χ1n) is 10.6. The number of pyridine rings is 1. The Bertz CT molecular complexity index is 1620. The molecule has 2 aromatic carbocycles. The lowest BCUT2D eigenvalue weighted by molar-refractivity contribution is -0.138. The highest BCUT2D eigenvalue weighted by atomic mass is 35.5. The summed E-state index contributed by atoms with van der Waals surface area (Å²) >= 11 is 11.6. The SMILES string of the molecule is Cc1ccc(NC(=O)c2cc(Cl)c(O)c(Cl)n2)c2c(=O)n(Cc3ccccc3C(F)(F)F)c(C(F)F)nc12. The largest absolute Gasteiger partial charge is 0.504 e. The van der Waals surface area contributed by atoms with E-state index in [9.17, 15) is 36.6 Å². The van der Waals surface area contributed by atoms with Crippen molar-refractivity contribution in [2.24, 2.45) is 0 Å². The van der Waals surface area contributed by atoms with Crippen LogP contribution < -0.4 is 10.9 Å². The molecule has 0 aliphatic heterocycles. The molecule has 14 heteroatoms. The number of hydrogen-bond donors (Lipinski definition) is 2. The second-order valence-electron chi connectivity index (χ2n) is 8.05. The highest BCUT2D eigenvalue weighted by molar-refractivity contribution is 6.36. The molecule has 4 rings (SSSR count). The van der Waals surface area contributed by atoms with E-state index in [2.05, 4.69) is 15.3 Å². The van der Waals surface area contributed by atoms with Gasteiger partial charge in [0, 0.05) is 0 Å². The number of hydrogen-bond acceptors (Lipinski definition) is 5. The van der Waals surface area contributed by atoms with E-state index < -0.39 is 58.5 Å². The lowest BCUT2D eigenvalue weighted by Gasteiger charge is -2.18. The molecule has 2 N–H and O–H groups in total. The summed E-state index contributed by atoms with van der Waals surface area (Å²) in [5.74, 6) is -2.52. The Morgan fingerprint density at radius 1 is 1.13 bits per heavy atom. The van der Waals surface area contributed by atoms with Gasteiger partial charge in [0.1, 0.15) is 5.69 Å². The van der Waals surface area contributed by atoms with Crippen molar-refractivity contribution in [3.8, 4) is 5.75 Å². The van der Waals surface area contributed by atoms with Gasteiger partial charge in [0.05, 0.1) is 33.7 Å². The van der Waals surface area contributed by atoms with Gasteiger partial charge < -0.3 is 10.4 Å². The van der Waals surface area contributed by atoms with E-state index in [1.54, 1.807) is 0 Å². The molecule has 2 heterocycles. The highest BCUT2D eigenvalue weighted by Crippen LogP contribution is 2.34. The molecule has 0 saturated heterocycles. The van der Waals surface area contributed by atoms with Crippen LogP contribution in [0.5, 0.6) is 5.75 Å². The van der Waals surface area contributed by atoms with Crippen LogP contribution in [0.4, 0.5) is 27.6 Å². The van der Waals surface area contributed by atoms with Crippen molar-refractivity contribution in [1.82, 2.24) is 14.5 Å². The Labute approximate surface area is 220 Å². The molecule has 0 spiro atoms. The summed E-state index contributed by atoms with van der Waals surface area (Å²) in [4.78, 5) is 34.0. The van der Waals surface area contributed by atoms with Gasteiger partial charge in [-0.1, -0.05) is 47.5 Å². The van der Waals surface area contributed by atoms with Crippen LogP contribution in [-0.4, -0.2) is 25.5 Å². The maximum absolute atomic E-state index is 14.0. The minimum absolute atomic E-state index is 0.172. The van der Waals surface area contributed by atoms with Crippen molar-refractivity contribution in [2.75, 3.05) is 5.32 Å². The van der Waals surface area contributed by atoms with Crippen LogP contribution in [0.25, 0.3) is 10.9 Å². The smallest absolute Gasteiger partial charge is 0.416 e. The number of aromatic hydroxyl groups is 1. The molecule has 0 atom stereocenters. The fourth-order valence-corrected chi connectivity index (χ4v) is 4.21. The van der Waals surface area contributed by atoms with Gasteiger partial charge in [0.25, 0.3) is 17.9 Å². The minimum Gasteiger partial charge on any atom is -0.504 e. The quantitative estimate of drug-likeness (QED) is 0.214. The van der Waals surface area contributed by atoms with Crippen molar-refractivity contribution in [3.05, 3.63) is 91.2 Å². The number of rotatable bonds is 5. The van der Waals surface area contributed by atoms with Crippen molar-refractivity contribution in [3.63, 3.8) is 0 Å². The van der Waals surface area contributed by atoms with Gasteiger partial charge in [0.15, 0.2) is 16.7 Å². The standard InChI is InChI=1S/C24H15Cl2F5N4O3/c1-10-6-7-14(33-22(37)15-8-13(25)18(36)19(26)32-15)16-17(10)34-21(20(27)28)35(23(16)38)9-11-4-2-3-5-12(11)24(29,30)31/h2-8,20,36H,9H2,1H3,(H,33,37). The van der Waals surface area contributed by atoms with Crippen LogP contribution in [0.1, 0.15) is 39.4 Å². The molecule has 38 heavy (non-hydrogen) atoms. The van der Waals surface area contributed by atoms with Crippen LogP contribution in [0.2, 0.25) is 10.2 Å². The summed E-state index contributed by atoms with van der Waals surface area (Å²) in [6, 6.07) is 7.97. The molecule has 2 aromatic heterocycles. The Morgan fingerprint density at radius 2 is 1.82 bits per heavy atom. The molecule has 198 valence electrons. The van der Waals surface area contributed by atoms with Crippen LogP contribution >= 0.6 is 23.2 Å². The average molecular weight is 573 g/mol. The lowest BCUT2D eigenvalue weighted by atomic mass is 10.1. The maximum atomic E-state index is 14.0. The first-order valence-corrected chi connectivity index (χ1v) is 11.4. The van der Waals surface area contributed by atoms with Gasteiger partial charge in [-0.3, -0.25) is 14.2 Å². The van der Waals surface area contributed by atoms with Crippen molar-refractivity contribution >= 4 is 45.7 Å². The Morgan fingerprint density at radius 3 is 2.45 bits per heavy atom. The summed E-state index contributed by atoms with van der Waals surface area (Å²) in [5, 5.41) is 11.0. The number of alkyl halides is 5. The topological polar surface area (TPSA) is 97.1 Å². The number of aromatic nitrogens is 3. The molecule has 0 aliphatic carbocycles. The summed E-state index contributed by atoms with van der Waals surface area (Å²) in [6.45, 7) is 0.628. The third-order valence-corrected chi connectivity index (χ3v) is 6.12. The Kier molecular flexibility index (Phi) is 7.31. The molecule has 4 aromatic rings. The predicted octanol–water partition coefficient (Wildman–Crippen LogP) is 6.37. The monoisotopic (exact) mass is 572 g/mol. The number of nitrogens with zero attached hydrogens (tertiary/aromatic N) is 3. The van der Waals surface area contributed by atoms with E-state index in [1.165, 1.54) is 25.1 Å². The van der Waals surface area contributed by atoms with Crippen molar-refractivity contribution in [1.29, 1.82) is 0 Å². The average Bonchev–Trinajstić information content (AvgIpc) is 2.84. The van der Waals surface area contributed by atoms with E-state index >= 15 is 0 Å². The summed E-state index contributed by atoms with van der Waals surface area (Å²) < 4.78 is 69.0. The van der Waals surface area contributed by atoms with Gasteiger partial charge >= 0.3 is 6.18 Å². The number of fused-ring (bicyclic) bond motifs is 1. The van der Waals surface area contributed by atoms with Crippen molar-refractivity contribution in [2.45, 2.75) is 26.1 Å². The number of carbonyl (C=O) groups is 1. The second kappa shape index (κ2) is 10.2. The van der Waals surface area contributed by atoms with Crippen LogP contribution in [0, 0.1) is 6.92 Å². The number of aryl methyl sites for hydroxylation is 1. The van der Waals surface area contributed by atoms with E-state index in [0.717, 1.165) is 24.3 Å². The van der Waals surface area contributed by atoms with E-state index in [-0.39, 0.29) is 27.3 Å². The molecule has 0 aliphatic rings. The molecular weight excluding hydrogens is 558 g/mol. The van der Waals surface area contributed by atoms with E-state index in [4.69, 9.17) is 23.2 Å². The van der Waals surface area contributed by atoms with E-state index in [1.807, 2.05) is 0 Å². The minimum atomic E-state index is -4.80.